The van der Waals surface area contributed by atoms with Gasteiger partial charge in [-0.05, 0) is 58.1 Å². The van der Waals surface area contributed by atoms with Crippen molar-refractivity contribution in [3.05, 3.63) is 29.8 Å². The van der Waals surface area contributed by atoms with Gasteiger partial charge in [-0.1, -0.05) is 12.1 Å². The number of hydrogen-bond acceptors (Lipinski definition) is 4. The molecule has 0 radical (unpaired) electrons. The summed E-state index contributed by atoms with van der Waals surface area (Å²) in [4.78, 5) is 12.0. The first-order valence-electron chi connectivity index (χ1n) is 7.59. The molecule has 1 aromatic rings. The van der Waals surface area contributed by atoms with Crippen LogP contribution in [0.3, 0.4) is 0 Å². The standard InChI is InChI=1S/C16H24BNO4/c1-15(2,20)16(3,4)22-17(21)12-7-5-6-11(10-12)14(19)18-13-8-9-13/h5-7,10,13,20-21H,8-9H2,1-4H3,(H,18,19). The molecule has 1 aliphatic carbocycles. The lowest BCUT2D eigenvalue weighted by atomic mass is 9.76. The van der Waals surface area contributed by atoms with E-state index >= 15 is 0 Å². The van der Waals surface area contributed by atoms with E-state index in [1.165, 1.54) is 0 Å². The molecule has 0 heterocycles. The number of nitrogens with one attached hydrogen (secondary N) is 1. The normalized spacial score (nSPS) is 15.5. The molecule has 3 N–H and O–H groups in total. The van der Waals surface area contributed by atoms with E-state index in [0.29, 0.717) is 11.0 Å². The van der Waals surface area contributed by atoms with Crippen molar-refractivity contribution in [3.8, 4) is 0 Å². The Labute approximate surface area is 131 Å². The molecule has 1 amide bonds. The fourth-order valence-corrected chi connectivity index (χ4v) is 1.82. The van der Waals surface area contributed by atoms with E-state index in [1.807, 2.05) is 0 Å². The highest BCUT2D eigenvalue weighted by Gasteiger charge is 2.39. The molecule has 0 unspecified atom stereocenters. The van der Waals surface area contributed by atoms with Crippen LogP contribution in [0.4, 0.5) is 0 Å². The molecule has 22 heavy (non-hydrogen) atoms. The highest BCUT2D eigenvalue weighted by molar-refractivity contribution is 6.60. The lowest BCUT2D eigenvalue weighted by Gasteiger charge is -2.38. The van der Waals surface area contributed by atoms with Gasteiger partial charge in [0, 0.05) is 11.6 Å². The molecule has 1 aromatic carbocycles. The van der Waals surface area contributed by atoms with Crippen LogP contribution < -0.4 is 10.8 Å². The maximum atomic E-state index is 12.0. The van der Waals surface area contributed by atoms with Gasteiger partial charge in [0.05, 0.1) is 11.2 Å². The highest BCUT2D eigenvalue weighted by atomic mass is 16.5. The predicted octanol–water partition coefficient (Wildman–Crippen LogP) is 0.832. The van der Waals surface area contributed by atoms with Gasteiger partial charge in [0.1, 0.15) is 0 Å². The number of aliphatic hydroxyl groups is 1. The molecule has 0 spiro atoms. The number of amides is 1. The van der Waals surface area contributed by atoms with Crippen molar-refractivity contribution in [2.24, 2.45) is 0 Å². The Morgan fingerprint density at radius 3 is 2.50 bits per heavy atom. The van der Waals surface area contributed by atoms with Crippen LogP contribution in [-0.2, 0) is 4.65 Å². The minimum atomic E-state index is -1.21. The molecule has 0 bridgehead atoms. The topological polar surface area (TPSA) is 78.8 Å². The quantitative estimate of drug-likeness (QED) is 0.680. The average Bonchev–Trinajstić information content (AvgIpc) is 3.21. The van der Waals surface area contributed by atoms with Crippen LogP contribution in [-0.4, -0.2) is 40.4 Å². The highest BCUT2D eigenvalue weighted by Crippen LogP contribution is 2.25. The number of carbonyl (C=O) groups is 1. The van der Waals surface area contributed by atoms with Gasteiger partial charge in [-0.2, -0.15) is 0 Å². The van der Waals surface area contributed by atoms with Crippen molar-refractivity contribution < 1.29 is 19.6 Å². The number of rotatable bonds is 6. The third-order valence-electron chi connectivity index (χ3n) is 4.23. The maximum absolute atomic E-state index is 12.0. The zero-order chi connectivity index (χ0) is 16.5. The molecular weight excluding hydrogens is 281 g/mol. The van der Waals surface area contributed by atoms with Crippen molar-refractivity contribution >= 4 is 18.5 Å². The van der Waals surface area contributed by atoms with E-state index in [0.717, 1.165) is 12.8 Å². The summed E-state index contributed by atoms with van der Waals surface area (Å²) in [7, 11) is -1.21. The van der Waals surface area contributed by atoms with Gasteiger partial charge in [-0.3, -0.25) is 4.79 Å². The summed E-state index contributed by atoms with van der Waals surface area (Å²) < 4.78 is 5.59. The smallest absolute Gasteiger partial charge is 0.423 e. The molecule has 6 heteroatoms. The molecular formula is C16H24BNO4. The Bertz CT molecular complexity index is 549. The first-order valence-corrected chi connectivity index (χ1v) is 7.59. The maximum Gasteiger partial charge on any atom is 0.491 e. The summed E-state index contributed by atoms with van der Waals surface area (Å²) in [5, 5.41) is 23.3. The number of benzene rings is 1. The minimum absolute atomic E-state index is 0.140. The summed E-state index contributed by atoms with van der Waals surface area (Å²) >= 11 is 0. The van der Waals surface area contributed by atoms with Crippen molar-refractivity contribution in [2.75, 3.05) is 0 Å². The molecule has 0 atom stereocenters. The second kappa shape index (κ2) is 6.03. The number of carbonyl (C=O) groups excluding carboxylic acids is 1. The van der Waals surface area contributed by atoms with Crippen molar-refractivity contribution in [1.82, 2.24) is 5.32 Å². The lowest BCUT2D eigenvalue weighted by Crippen LogP contribution is -2.53. The summed E-state index contributed by atoms with van der Waals surface area (Å²) in [5.41, 5.74) is -1.08. The average molecular weight is 305 g/mol. The second-order valence-electron chi connectivity index (χ2n) is 6.91. The largest absolute Gasteiger partial charge is 0.491 e. The van der Waals surface area contributed by atoms with Crippen LogP contribution in [0.5, 0.6) is 0 Å². The van der Waals surface area contributed by atoms with E-state index in [-0.39, 0.29) is 11.9 Å². The Kier molecular flexibility index (Phi) is 4.66. The van der Waals surface area contributed by atoms with Gasteiger partial charge in [0.2, 0.25) is 0 Å². The second-order valence-corrected chi connectivity index (χ2v) is 6.91. The molecule has 120 valence electrons. The fourth-order valence-electron chi connectivity index (χ4n) is 1.82. The Morgan fingerprint density at radius 1 is 1.32 bits per heavy atom. The van der Waals surface area contributed by atoms with Crippen LogP contribution in [0.2, 0.25) is 0 Å². The van der Waals surface area contributed by atoms with E-state index in [9.17, 15) is 14.9 Å². The zero-order valence-electron chi connectivity index (χ0n) is 13.6. The van der Waals surface area contributed by atoms with E-state index in [2.05, 4.69) is 5.32 Å². The van der Waals surface area contributed by atoms with Gasteiger partial charge >= 0.3 is 7.12 Å². The van der Waals surface area contributed by atoms with Crippen molar-refractivity contribution in [3.63, 3.8) is 0 Å². The third-order valence-corrected chi connectivity index (χ3v) is 4.23. The molecule has 5 nitrogen and oxygen atoms in total. The summed E-state index contributed by atoms with van der Waals surface area (Å²) in [6, 6.07) is 7.00. The number of hydrogen-bond donors (Lipinski definition) is 3. The molecule has 1 fully saturated rings. The Hall–Kier alpha value is -1.37. The van der Waals surface area contributed by atoms with Gasteiger partial charge in [0.25, 0.3) is 5.91 Å². The monoisotopic (exact) mass is 305 g/mol. The van der Waals surface area contributed by atoms with Crippen LogP contribution in [0.1, 0.15) is 50.9 Å². The predicted molar refractivity (Wildman–Crippen MR) is 86.0 cm³/mol. The van der Waals surface area contributed by atoms with Crippen LogP contribution in [0, 0.1) is 0 Å². The molecule has 1 aliphatic rings. The van der Waals surface area contributed by atoms with Crippen molar-refractivity contribution in [1.29, 1.82) is 0 Å². The fraction of sp³-hybridized carbons (Fsp3) is 0.562. The van der Waals surface area contributed by atoms with Crippen LogP contribution in [0.25, 0.3) is 0 Å². The lowest BCUT2D eigenvalue weighted by molar-refractivity contribution is -0.0982. The summed E-state index contributed by atoms with van der Waals surface area (Å²) in [5.74, 6) is -0.140. The first kappa shape index (κ1) is 17.0. The molecule has 1 saturated carbocycles. The summed E-state index contributed by atoms with van der Waals surface area (Å²) in [6.45, 7) is 6.66. The van der Waals surface area contributed by atoms with E-state index < -0.39 is 18.3 Å². The molecule has 0 aliphatic heterocycles. The van der Waals surface area contributed by atoms with Crippen LogP contribution in [0.15, 0.2) is 24.3 Å². The molecule has 2 rings (SSSR count). The van der Waals surface area contributed by atoms with Crippen LogP contribution >= 0.6 is 0 Å². The van der Waals surface area contributed by atoms with Gasteiger partial charge in [0.15, 0.2) is 0 Å². The SMILES string of the molecule is CC(C)(O)C(C)(C)OB(O)c1cccc(C(=O)NC2CC2)c1. The molecule has 0 aromatic heterocycles. The van der Waals surface area contributed by atoms with Gasteiger partial charge < -0.3 is 20.1 Å². The van der Waals surface area contributed by atoms with Gasteiger partial charge in [-0.25, -0.2) is 0 Å². The van der Waals surface area contributed by atoms with E-state index in [4.69, 9.17) is 4.65 Å². The first-order chi connectivity index (χ1) is 10.1. The van der Waals surface area contributed by atoms with Crippen molar-refractivity contribution in [2.45, 2.75) is 57.8 Å². The molecule has 0 saturated heterocycles. The summed E-state index contributed by atoms with van der Waals surface area (Å²) in [6.07, 6.45) is 2.05. The zero-order valence-corrected chi connectivity index (χ0v) is 13.6. The Balaban J connectivity index is 2.09. The van der Waals surface area contributed by atoms with Gasteiger partial charge in [-0.15, -0.1) is 0 Å². The third kappa shape index (κ3) is 4.09. The van der Waals surface area contributed by atoms with E-state index in [1.54, 1.807) is 52.0 Å². The minimum Gasteiger partial charge on any atom is -0.423 e. The Morgan fingerprint density at radius 2 is 1.95 bits per heavy atom.